The molecule has 0 aromatic rings. The summed E-state index contributed by atoms with van der Waals surface area (Å²) in [5.41, 5.74) is 0. The lowest BCUT2D eigenvalue weighted by molar-refractivity contribution is 0.121. The molecule has 3 unspecified atom stereocenters. The number of nitrogens with zero attached hydrogens (tertiary/aromatic N) is 1. The zero-order chi connectivity index (χ0) is 10.3. The van der Waals surface area contributed by atoms with Gasteiger partial charge in [0, 0.05) is 25.2 Å². The molecule has 0 bridgehead atoms. The second-order valence-electron chi connectivity index (χ2n) is 5.09. The Morgan fingerprint density at radius 1 is 1.20 bits per heavy atom. The summed E-state index contributed by atoms with van der Waals surface area (Å²) in [6.07, 6.45) is 3.70. The number of aliphatic hydroxyl groups excluding tert-OH is 1. The molecule has 3 fully saturated rings. The predicted molar refractivity (Wildman–Crippen MR) is 56.7 cm³/mol. The van der Waals surface area contributed by atoms with Gasteiger partial charge >= 0.3 is 0 Å². The Labute approximate surface area is 90.6 Å². The van der Waals surface area contributed by atoms with Crippen molar-refractivity contribution in [1.82, 2.24) is 10.2 Å². The van der Waals surface area contributed by atoms with E-state index in [1.165, 1.54) is 25.8 Å². The van der Waals surface area contributed by atoms with Gasteiger partial charge in [0.2, 0.25) is 0 Å². The molecule has 1 aliphatic carbocycles. The van der Waals surface area contributed by atoms with E-state index in [9.17, 15) is 5.11 Å². The van der Waals surface area contributed by atoms with Crippen LogP contribution in [0.1, 0.15) is 19.3 Å². The van der Waals surface area contributed by atoms with Crippen molar-refractivity contribution in [3.8, 4) is 0 Å². The Balaban J connectivity index is 1.47. The number of nitrogens with one attached hydrogen (secondary N) is 1. The van der Waals surface area contributed by atoms with Crippen LogP contribution in [0.15, 0.2) is 0 Å². The lowest BCUT2D eigenvalue weighted by Gasteiger charge is -2.20. The van der Waals surface area contributed by atoms with Crippen LogP contribution >= 0.6 is 0 Å². The van der Waals surface area contributed by atoms with Gasteiger partial charge in [-0.3, -0.25) is 4.90 Å². The number of hydrogen-bond donors (Lipinski definition) is 2. The van der Waals surface area contributed by atoms with Crippen LogP contribution in [0.3, 0.4) is 0 Å². The Morgan fingerprint density at radius 2 is 2.07 bits per heavy atom. The van der Waals surface area contributed by atoms with Crippen molar-refractivity contribution in [2.75, 3.05) is 26.3 Å². The van der Waals surface area contributed by atoms with Gasteiger partial charge in [-0.05, 0) is 19.3 Å². The van der Waals surface area contributed by atoms with Gasteiger partial charge in [-0.1, -0.05) is 0 Å². The van der Waals surface area contributed by atoms with Gasteiger partial charge < -0.3 is 15.2 Å². The van der Waals surface area contributed by atoms with Crippen molar-refractivity contribution in [2.24, 2.45) is 0 Å². The van der Waals surface area contributed by atoms with Crippen LogP contribution in [-0.4, -0.2) is 60.5 Å². The van der Waals surface area contributed by atoms with Crippen LogP contribution < -0.4 is 5.32 Å². The number of hydrogen-bond acceptors (Lipinski definition) is 4. The molecule has 2 aliphatic heterocycles. The quantitative estimate of drug-likeness (QED) is 0.666. The van der Waals surface area contributed by atoms with Crippen molar-refractivity contribution in [3.63, 3.8) is 0 Å². The topological polar surface area (TPSA) is 44.7 Å². The van der Waals surface area contributed by atoms with E-state index in [4.69, 9.17) is 4.74 Å². The molecule has 2 saturated heterocycles. The first-order valence-electron chi connectivity index (χ1n) is 6.09. The molecule has 0 aromatic heterocycles. The summed E-state index contributed by atoms with van der Waals surface area (Å²) in [5.74, 6) is 0. The van der Waals surface area contributed by atoms with E-state index in [1.807, 2.05) is 0 Å². The molecule has 86 valence electrons. The fraction of sp³-hybridized carbons (Fsp3) is 1.00. The van der Waals surface area contributed by atoms with Crippen LogP contribution in [0.4, 0.5) is 0 Å². The number of aliphatic hydroxyl groups is 1. The molecule has 0 amide bonds. The van der Waals surface area contributed by atoms with Gasteiger partial charge in [0.25, 0.3) is 0 Å². The van der Waals surface area contributed by atoms with E-state index in [1.54, 1.807) is 0 Å². The summed E-state index contributed by atoms with van der Waals surface area (Å²) < 4.78 is 5.24. The van der Waals surface area contributed by atoms with Crippen molar-refractivity contribution in [2.45, 2.75) is 43.5 Å². The van der Waals surface area contributed by atoms with Crippen LogP contribution in [0.2, 0.25) is 0 Å². The molecule has 0 radical (unpaired) electrons. The lowest BCUT2D eigenvalue weighted by atomic mass is 10.1. The summed E-state index contributed by atoms with van der Waals surface area (Å²) in [5, 5.41) is 13.2. The minimum absolute atomic E-state index is 0.161. The molecule has 4 nitrogen and oxygen atoms in total. The van der Waals surface area contributed by atoms with Crippen molar-refractivity contribution >= 4 is 0 Å². The second kappa shape index (κ2) is 4.01. The third kappa shape index (κ3) is 2.18. The van der Waals surface area contributed by atoms with E-state index in [2.05, 4.69) is 10.2 Å². The predicted octanol–water partition coefficient (Wildman–Crippen LogP) is -0.428. The first kappa shape index (κ1) is 10.0. The van der Waals surface area contributed by atoms with Crippen LogP contribution in [0, 0.1) is 0 Å². The van der Waals surface area contributed by atoms with Gasteiger partial charge in [-0.2, -0.15) is 0 Å². The fourth-order valence-electron chi connectivity index (χ4n) is 2.70. The Morgan fingerprint density at radius 3 is 2.73 bits per heavy atom. The Kier molecular flexibility index (Phi) is 2.68. The molecule has 2 N–H and O–H groups in total. The monoisotopic (exact) mass is 212 g/mol. The third-order valence-electron chi connectivity index (χ3n) is 3.78. The molecule has 3 rings (SSSR count). The first-order valence-corrected chi connectivity index (χ1v) is 6.09. The first-order chi connectivity index (χ1) is 7.33. The zero-order valence-corrected chi connectivity index (χ0v) is 9.06. The van der Waals surface area contributed by atoms with E-state index in [-0.39, 0.29) is 12.1 Å². The molecule has 0 spiro atoms. The highest BCUT2D eigenvalue weighted by molar-refractivity contribution is 4.94. The average molecular weight is 212 g/mol. The number of likely N-dealkylation sites (tertiary alicyclic amines) is 1. The van der Waals surface area contributed by atoms with Gasteiger partial charge in [-0.25, -0.2) is 0 Å². The Bertz CT molecular complexity index is 233. The smallest absolute Gasteiger partial charge is 0.0948 e. The second-order valence-corrected chi connectivity index (χ2v) is 5.09. The van der Waals surface area contributed by atoms with Gasteiger partial charge in [-0.15, -0.1) is 0 Å². The van der Waals surface area contributed by atoms with Gasteiger partial charge in [0.15, 0.2) is 0 Å². The largest absolute Gasteiger partial charge is 0.389 e. The summed E-state index contributed by atoms with van der Waals surface area (Å²) in [7, 11) is 0. The van der Waals surface area contributed by atoms with E-state index in [0.29, 0.717) is 19.3 Å². The molecule has 0 aromatic carbocycles. The van der Waals surface area contributed by atoms with Gasteiger partial charge in [0.1, 0.15) is 0 Å². The highest BCUT2D eigenvalue weighted by Crippen LogP contribution is 2.30. The SMILES string of the molecule is OC1COCC1NC1CCN(C2CC2)C1. The van der Waals surface area contributed by atoms with Crippen LogP contribution in [0.5, 0.6) is 0 Å². The minimum atomic E-state index is -0.306. The van der Waals surface area contributed by atoms with Crippen LogP contribution in [0.25, 0.3) is 0 Å². The molecule has 3 atom stereocenters. The maximum atomic E-state index is 9.64. The maximum absolute atomic E-state index is 9.64. The molecular formula is C11H20N2O2. The molecule has 15 heavy (non-hydrogen) atoms. The fourth-order valence-corrected chi connectivity index (χ4v) is 2.70. The summed E-state index contributed by atoms with van der Waals surface area (Å²) in [6.45, 7) is 3.55. The third-order valence-corrected chi connectivity index (χ3v) is 3.78. The average Bonchev–Trinajstić information content (AvgIpc) is 2.86. The highest BCUT2D eigenvalue weighted by Gasteiger charge is 2.36. The van der Waals surface area contributed by atoms with E-state index >= 15 is 0 Å². The summed E-state index contributed by atoms with van der Waals surface area (Å²) >= 11 is 0. The lowest BCUT2D eigenvalue weighted by Crippen LogP contribution is -2.46. The number of ether oxygens (including phenoxy) is 1. The van der Waals surface area contributed by atoms with Gasteiger partial charge in [0.05, 0.1) is 25.4 Å². The summed E-state index contributed by atoms with van der Waals surface area (Å²) in [4.78, 5) is 2.58. The van der Waals surface area contributed by atoms with Crippen molar-refractivity contribution in [3.05, 3.63) is 0 Å². The van der Waals surface area contributed by atoms with Crippen molar-refractivity contribution < 1.29 is 9.84 Å². The standard InChI is InChI=1S/C11H20N2O2/c14-11-7-15-6-10(11)12-8-3-4-13(5-8)9-1-2-9/h8-12,14H,1-7H2. The normalized spacial score (nSPS) is 42.6. The van der Waals surface area contributed by atoms with Crippen molar-refractivity contribution in [1.29, 1.82) is 0 Å². The summed E-state index contributed by atoms with van der Waals surface area (Å²) in [6, 6.07) is 1.60. The molecular weight excluding hydrogens is 192 g/mol. The molecule has 3 aliphatic rings. The Hall–Kier alpha value is -0.160. The molecule has 1 saturated carbocycles. The molecule has 2 heterocycles. The zero-order valence-electron chi connectivity index (χ0n) is 9.06. The number of rotatable bonds is 3. The van der Waals surface area contributed by atoms with E-state index in [0.717, 1.165) is 12.6 Å². The van der Waals surface area contributed by atoms with Crippen LogP contribution in [-0.2, 0) is 4.74 Å². The molecule has 4 heteroatoms. The van der Waals surface area contributed by atoms with E-state index < -0.39 is 0 Å². The highest BCUT2D eigenvalue weighted by atomic mass is 16.5. The maximum Gasteiger partial charge on any atom is 0.0948 e. The minimum Gasteiger partial charge on any atom is -0.389 e.